The number of aryl methyl sites for hydroxylation is 1. The van der Waals surface area contributed by atoms with Gasteiger partial charge in [0.1, 0.15) is 5.54 Å². The van der Waals surface area contributed by atoms with E-state index in [0.717, 1.165) is 0 Å². The fraction of sp³-hybridized carbons (Fsp3) is 0.583. The number of rotatable bonds is 6. The topological polar surface area (TPSA) is 100 Å². The molecule has 0 spiro atoms. The zero-order chi connectivity index (χ0) is 14.5. The lowest BCUT2D eigenvalue weighted by Gasteiger charge is -2.20. The number of hydrogen-bond acceptors (Lipinski definition) is 6. The molecule has 1 heterocycles. The van der Waals surface area contributed by atoms with E-state index >= 15 is 0 Å². The van der Waals surface area contributed by atoms with Crippen LogP contribution in [0.2, 0.25) is 0 Å². The Labute approximate surface area is 111 Å². The van der Waals surface area contributed by atoms with E-state index in [9.17, 15) is 9.59 Å². The summed E-state index contributed by atoms with van der Waals surface area (Å²) in [5.74, 6) is -0.403. The number of hydrogen-bond donors (Lipinski definition) is 1. The minimum absolute atomic E-state index is 0.383. The highest BCUT2D eigenvalue weighted by Crippen LogP contribution is 2.11. The fourth-order valence-electron chi connectivity index (χ4n) is 1.56. The molecule has 0 aliphatic rings. The summed E-state index contributed by atoms with van der Waals surface area (Å²) in [6.45, 7) is 3.70. The average Bonchev–Trinajstić information content (AvgIpc) is 2.68. The molecule has 0 aromatic carbocycles. The molecule has 0 unspecified atom stereocenters. The second kappa shape index (κ2) is 6.33. The summed E-state index contributed by atoms with van der Waals surface area (Å²) in [5, 5.41) is 3.55. The van der Waals surface area contributed by atoms with Gasteiger partial charge in [-0.3, -0.25) is 13.9 Å². The molecule has 0 fully saturated rings. The average molecular weight is 269 g/mol. The molecule has 0 saturated carbocycles. The molecule has 0 aliphatic heterocycles. The van der Waals surface area contributed by atoms with E-state index < -0.39 is 17.3 Å². The van der Waals surface area contributed by atoms with Crippen LogP contribution in [0.4, 0.5) is 0 Å². The zero-order valence-corrected chi connectivity index (χ0v) is 11.4. The van der Waals surface area contributed by atoms with E-state index in [4.69, 9.17) is 5.73 Å². The number of carbonyl (C=O) groups is 1. The van der Waals surface area contributed by atoms with Gasteiger partial charge in [-0.25, -0.2) is 4.79 Å². The first-order chi connectivity index (χ1) is 8.88. The number of aromatic nitrogens is 2. The normalized spacial score (nSPS) is 14.5. The number of carbonyl (C=O) groups excluding carboxylic acids is 1. The minimum atomic E-state index is -0.997. The molecule has 0 bridgehead atoms. The van der Waals surface area contributed by atoms with Gasteiger partial charge in [0.15, 0.2) is 5.82 Å². The second-order valence-corrected chi connectivity index (χ2v) is 4.53. The summed E-state index contributed by atoms with van der Waals surface area (Å²) in [6.07, 6.45) is 4.74. The van der Waals surface area contributed by atoms with Crippen LogP contribution in [-0.2, 0) is 16.1 Å². The lowest BCUT2D eigenvalue weighted by atomic mass is 9.97. The van der Waals surface area contributed by atoms with Crippen LogP contribution < -0.4 is 11.5 Å². The van der Waals surface area contributed by atoms with Gasteiger partial charge in [-0.05, 0) is 26.7 Å². The van der Waals surface area contributed by atoms with Crippen molar-refractivity contribution in [3.63, 3.8) is 0 Å². The highest BCUT2D eigenvalue weighted by molar-refractivity contribution is 5.79. The van der Waals surface area contributed by atoms with Crippen LogP contribution in [0.1, 0.15) is 25.6 Å². The number of allylic oxidation sites excluding steroid dienone is 2. The molecule has 1 aromatic rings. The lowest BCUT2D eigenvalue weighted by Crippen LogP contribution is -2.45. The third-order valence-corrected chi connectivity index (χ3v) is 2.80. The van der Waals surface area contributed by atoms with Crippen LogP contribution in [0, 0.1) is 6.92 Å². The van der Waals surface area contributed by atoms with E-state index in [1.165, 1.54) is 11.7 Å². The van der Waals surface area contributed by atoms with Crippen molar-refractivity contribution in [3.05, 3.63) is 28.5 Å². The molecule has 2 N–H and O–H groups in total. The molecule has 7 nitrogen and oxygen atoms in total. The van der Waals surface area contributed by atoms with Gasteiger partial charge in [-0.1, -0.05) is 17.3 Å². The number of methoxy groups -OCH3 is 1. The first-order valence-electron chi connectivity index (χ1n) is 5.94. The summed E-state index contributed by atoms with van der Waals surface area (Å²) in [5.41, 5.74) is 4.81. The SMILES string of the molecule is COC(=O)[C@@](C)(N)CC/C=C\Cn1c(C)noc1=O. The molecule has 19 heavy (non-hydrogen) atoms. The maximum absolute atomic E-state index is 11.3. The van der Waals surface area contributed by atoms with Crippen molar-refractivity contribution < 1.29 is 14.1 Å². The third kappa shape index (κ3) is 4.06. The van der Waals surface area contributed by atoms with Crippen LogP contribution in [0.25, 0.3) is 0 Å². The molecule has 0 radical (unpaired) electrons. The molecule has 0 saturated heterocycles. The monoisotopic (exact) mass is 269 g/mol. The maximum Gasteiger partial charge on any atom is 0.441 e. The minimum Gasteiger partial charge on any atom is -0.468 e. The molecule has 0 aliphatic carbocycles. The summed E-state index contributed by atoms with van der Waals surface area (Å²) < 4.78 is 10.5. The molecular formula is C12H19N3O4. The molecule has 1 rings (SSSR count). The van der Waals surface area contributed by atoms with Crippen molar-refractivity contribution in [2.75, 3.05) is 7.11 Å². The Morgan fingerprint density at radius 2 is 2.26 bits per heavy atom. The summed E-state index contributed by atoms with van der Waals surface area (Å²) >= 11 is 0. The Kier molecular flexibility index (Phi) is 5.05. The van der Waals surface area contributed by atoms with Crippen molar-refractivity contribution in [1.82, 2.24) is 9.72 Å². The van der Waals surface area contributed by atoms with E-state index in [-0.39, 0.29) is 0 Å². The van der Waals surface area contributed by atoms with Crippen molar-refractivity contribution >= 4 is 5.97 Å². The standard InChI is InChI=1S/C12H19N3O4/c1-9-14-19-11(17)15(9)8-6-4-5-7-12(2,13)10(16)18-3/h4,6H,5,7-8,13H2,1-3H3/b6-4-/t12-/m0/s1. The van der Waals surface area contributed by atoms with E-state index in [1.54, 1.807) is 19.9 Å². The van der Waals surface area contributed by atoms with Gasteiger partial charge < -0.3 is 10.5 Å². The van der Waals surface area contributed by atoms with Gasteiger partial charge >= 0.3 is 11.7 Å². The quantitative estimate of drug-likeness (QED) is 0.591. The van der Waals surface area contributed by atoms with E-state index in [0.29, 0.717) is 25.2 Å². The Morgan fingerprint density at radius 3 is 2.79 bits per heavy atom. The number of nitrogens with two attached hydrogens (primary N) is 1. The van der Waals surface area contributed by atoms with Crippen molar-refractivity contribution in [2.45, 2.75) is 38.8 Å². The number of esters is 1. The number of nitrogens with zero attached hydrogens (tertiary/aromatic N) is 2. The predicted octanol–water partition coefficient (Wildman–Crippen LogP) is 0.372. The molecule has 1 atom stereocenters. The third-order valence-electron chi connectivity index (χ3n) is 2.80. The van der Waals surface area contributed by atoms with Crippen molar-refractivity contribution in [1.29, 1.82) is 0 Å². The zero-order valence-electron chi connectivity index (χ0n) is 11.4. The van der Waals surface area contributed by atoms with Gasteiger partial charge in [0, 0.05) is 6.54 Å². The van der Waals surface area contributed by atoms with Gasteiger partial charge in [0.05, 0.1) is 7.11 Å². The van der Waals surface area contributed by atoms with Crippen LogP contribution >= 0.6 is 0 Å². The molecule has 106 valence electrons. The first kappa shape index (κ1) is 15.2. The molecule has 1 aromatic heterocycles. The van der Waals surface area contributed by atoms with Gasteiger partial charge in [0.2, 0.25) is 0 Å². The summed E-state index contributed by atoms with van der Waals surface area (Å²) in [7, 11) is 1.31. The summed E-state index contributed by atoms with van der Waals surface area (Å²) in [4.78, 5) is 22.5. The molecule has 0 amide bonds. The van der Waals surface area contributed by atoms with Crippen molar-refractivity contribution in [3.8, 4) is 0 Å². The predicted molar refractivity (Wildman–Crippen MR) is 68.5 cm³/mol. The van der Waals surface area contributed by atoms with Gasteiger partial charge in [0.25, 0.3) is 0 Å². The highest BCUT2D eigenvalue weighted by atomic mass is 16.5. The Balaban J connectivity index is 2.44. The smallest absolute Gasteiger partial charge is 0.441 e. The molecule has 7 heteroatoms. The molecular weight excluding hydrogens is 250 g/mol. The van der Waals surface area contributed by atoms with Crippen LogP contribution in [0.3, 0.4) is 0 Å². The first-order valence-corrected chi connectivity index (χ1v) is 5.94. The Hall–Kier alpha value is -1.89. The van der Waals surface area contributed by atoms with Gasteiger partial charge in [-0.2, -0.15) is 0 Å². The van der Waals surface area contributed by atoms with Crippen molar-refractivity contribution in [2.24, 2.45) is 5.73 Å². The largest absolute Gasteiger partial charge is 0.468 e. The van der Waals surface area contributed by atoms with Crippen LogP contribution in [-0.4, -0.2) is 28.3 Å². The fourth-order valence-corrected chi connectivity index (χ4v) is 1.56. The maximum atomic E-state index is 11.3. The lowest BCUT2D eigenvalue weighted by molar-refractivity contribution is -0.146. The number of ether oxygens (including phenoxy) is 1. The van der Waals surface area contributed by atoms with Gasteiger partial charge in [-0.15, -0.1) is 0 Å². The second-order valence-electron chi connectivity index (χ2n) is 4.53. The highest BCUT2D eigenvalue weighted by Gasteiger charge is 2.28. The van der Waals surface area contributed by atoms with Crippen LogP contribution in [0.15, 0.2) is 21.5 Å². The van der Waals surface area contributed by atoms with E-state index in [2.05, 4.69) is 14.4 Å². The Morgan fingerprint density at radius 1 is 1.58 bits per heavy atom. The van der Waals surface area contributed by atoms with Crippen LogP contribution in [0.5, 0.6) is 0 Å². The van der Waals surface area contributed by atoms with E-state index in [1.807, 2.05) is 6.08 Å². The Bertz CT molecular complexity index is 513. The summed E-state index contributed by atoms with van der Waals surface area (Å²) in [6, 6.07) is 0.